The van der Waals surface area contributed by atoms with Gasteiger partial charge in [0.05, 0.1) is 23.7 Å². The molecule has 2 saturated heterocycles. The van der Waals surface area contributed by atoms with Gasteiger partial charge in [-0.2, -0.15) is 20.4 Å². The van der Waals surface area contributed by atoms with Gasteiger partial charge in [-0.3, -0.25) is 44.4 Å². The molecule has 8 aromatic rings. The summed E-state index contributed by atoms with van der Waals surface area (Å²) in [5, 5.41) is 52.4. The topological polar surface area (TPSA) is 307 Å². The number of aromatic nitrogens is 8. The summed E-state index contributed by atoms with van der Waals surface area (Å²) in [5.74, 6) is 4.88. The van der Waals surface area contributed by atoms with E-state index in [0.717, 1.165) is 110 Å². The van der Waals surface area contributed by atoms with Gasteiger partial charge in [0.1, 0.15) is 0 Å². The van der Waals surface area contributed by atoms with Gasteiger partial charge in [-0.15, -0.1) is 0 Å². The minimum Gasteiger partial charge on any atom is -0.478 e. The van der Waals surface area contributed by atoms with E-state index < -0.39 is 5.97 Å². The average Bonchev–Trinajstić information content (AvgIpc) is 1.79. The van der Waals surface area contributed by atoms with E-state index in [1.165, 1.54) is 137 Å². The van der Waals surface area contributed by atoms with Crippen molar-refractivity contribution in [1.82, 2.24) is 60.8 Å². The number of aliphatic carboxylic acids is 1. The van der Waals surface area contributed by atoms with Crippen LogP contribution in [0.15, 0.2) is 152 Å². The van der Waals surface area contributed by atoms with E-state index in [4.69, 9.17) is 5.11 Å². The second-order valence-electron chi connectivity index (χ2n) is 34.0. The van der Waals surface area contributed by atoms with Crippen LogP contribution in [0.5, 0.6) is 0 Å². The third-order valence-corrected chi connectivity index (χ3v) is 23.9. The fourth-order valence-corrected chi connectivity index (χ4v) is 15.8. The van der Waals surface area contributed by atoms with Crippen LogP contribution in [0.2, 0.25) is 0 Å². The first-order valence-electron chi connectivity index (χ1n) is 43.0. The fraction of sp³-hybridized carbons (Fsp3) is 0.489. The largest absolute Gasteiger partial charge is 0.478 e. The summed E-state index contributed by atoms with van der Waals surface area (Å²) < 4.78 is 0. The molecule has 4 unspecified atom stereocenters. The highest BCUT2D eigenvalue weighted by molar-refractivity contribution is 5.97. The number of nitrogens with zero attached hydrogens (tertiary/aromatic N) is 7. The molecule has 6 heterocycles. The molecule has 16 rings (SSSR count). The third kappa shape index (κ3) is 26.3. The lowest BCUT2D eigenvalue weighted by Crippen LogP contribution is -2.37. The number of likely N-dealkylation sites (N-methyl/N-ethyl adjacent to an activating group) is 2. The zero-order chi connectivity index (χ0) is 82.3. The van der Waals surface area contributed by atoms with Crippen LogP contribution in [0.25, 0.3) is 5.57 Å². The third-order valence-electron chi connectivity index (χ3n) is 23.9. The molecule has 622 valence electrons. The lowest BCUT2D eigenvalue weighted by Gasteiger charge is -2.32. The number of anilines is 4. The van der Waals surface area contributed by atoms with Crippen molar-refractivity contribution >= 4 is 64.3 Å². The number of likely N-dealkylation sites (tertiary alicyclic amines) is 1. The maximum Gasteiger partial charge on any atom is 0.328 e. The summed E-state index contributed by atoms with van der Waals surface area (Å²) in [7, 11) is 7.74. The van der Waals surface area contributed by atoms with E-state index in [0.29, 0.717) is 71.2 Å². The van der Waals surface area contributed by atoms with E-state index in [-0.39, 0.29) is 53.2 Å². The molecule has 0 bridgehead atoms. The number of carboxylic acids is 1. The zero-order valence-corrected chi connectivity index (χ0v) is 69.9. The first-order chi connectivity index (χ1) is 56.6. The molecule has 2 aliphatic heterocycles. The monoisotopic (exact) mass is 1590 g/mol. The second kappa shape index (κ2) is 42.2. The molecule has 0 radical (unpaired) electrons. The van der Waals surface area contributed by atoms with Crippen LogP contribution in [0, 0.1) is 0 Å². The Hall–Kier alpha value is -10.4. The molecule has 5 saturated carbocycles. The van der Waals surface area contributed by atoms with Crippen molar-refractivity contribution in [2.75, 3.05) is 88.7 Å². The normalized spacial score (nSPS) is 18.3. The summed E-state index contributed by atoms with van der Waals surface area (Å²) in [6, 6.07) is 41.8. The number of carbonyl (C=O) groups is 6. The maximum absolute atomic E-state index is 12.8. The highest BCUT2D eigenvalue weighted by atomic mass is 16.4. The average molecular weight is 1590 g/mol. The predicted octanol–water partition coefficient (Wildman–Crippen LogP) is 17.6. The lowest BCUT2D eigenvalue weighted by molar-refractivity contribution is -0.131. The van der Waals surface area contributed by atoms with E-state index in [1.54, 1.807) is 12.2 Å². The lowest BCUT2D eigenvalue weighted by atomic mass is 9.83. The van der Waals surface area contributed by atoms with Crippen molar-refractivity contribution in [3.8, 4) is 0 Å². The van der Waals surface area contributed by atoms with Crippen molar-refractivity contribution in [1.29, 1.82) is 0 Å². The van der Waals surface area contributed by atoms with Crippen LogP contribution in [0.4, 0.5) is 23.3 Å². The van der Waals surface area contributed by atoms with E-state index in [9.17, 15) is 28.8 Å². The van der Waals surface area contributed by atoms with E-state index in [1.807, 2.05) is 119 Å². The molecular weight excluding hydrogens is 1470 g/mol. The van der Waals surface area contributed by atoms with Gasteiger partial charge in [0.2, 0.25) is 29.5 Å². The Balaban J connectivity index is 0.000000139. The molecule has 4 aromatic heterocycles. The van der Waals surface area contributed by atoms with Gasteiger partial charge in [-0.1, -0.05) is 135 Å². The SMILES string of the molecule is CC(C(=O)Nc1cc(C2CC2)[nH]n1)c1cccc(C2=CCCCC2)c1.CC(C(=O)Nc1cc(C2CC2)[nH]n1)c1cccc(C2CCCCC2)c1.CC(C(=O)Nc1cc(C2CC2)[nH]n1)c1cccc(C2CCN(C(=O)/C=C/CN(C)C)CC2)c1.CC(C(=O)Nc1cc(C2CC2)[nH]n1)c1cccc(C2CCNCC2)c1.CN(C)C/C=C/C(=O)O. The molecule has 7 fully saturated rings. The Labute approximate surface area is 690 Å². The Morgan fingerprint density at radius 1 is 0.427 bits per heavy atom. The van der Waals surface area contributed by atoms with Crippen molar-refractivity contribution in [3.05, 3.63) is 219 Å². The molecule has 4 aromatic carbocycles. The van der Waals surface area contributed by atoms with Crippen molar-refractivity contribution < 1.29 is 33.9 Å². The van der Waals surface area contributed by atoms with Gasteiger partial charge in [-0.25, -0.2) is 4.79 Å². The van der Waals surface area contributed by atoms with Gasteiger partial charge in [0, 0.05) is 109 Å². The smallest absolute Gasteiger partial charge is 0.328 e. The highest BCUT2D eigenvalue weighted by Gasteiger charge is 2.32. The number of piperidine rings is 2. The summed E-state index contributed by atoms with van der Waals surface area (Å²) in [4.78, 5) is 78.8. The first kappa shape index (κ1) is 86.0. The van der Waals surface area contributed by atoms with Gasteiger partial charge in [0.25, 0.3) is 0 Å². The molecule has 23 heteroatoms. The zero-order valence-electron chi connectivity index (χ0n) is 69.9. The minimum atomic E-state index is -0.892. The number of hydrogen-bond acceptors (Lipinski definition) is 13. The minimum absolute atomic E-state index is 0.00342. The number of allylic oxidation sites excluding steroid dienone is 2. The molecule has 6 aliphatic carbocycles. The van der Waals surface area contributed by atoms with Crippen molar-refractivity contribution in [2.45, 2.75) is 228 Å². The van der Waals surface area contributed by atoms with Crippen LogP contribution < -0.4 is 26.6 Å². The van der Waals surface area contributed by atoms with Crippen LogP contribution in [-0.4, -0.2) is 164 Å². The maximum atomic E-state index is 12.8. The van der Waals surface area contributed by atoms with Crippen molar-refractivity contribution in [3.63, 3.8) is 0 Å². The standard InChI is InChI=1S/C26H35N5O2.C21H27N3O.C21H25N3O.C20H26N4O.C6H11NO2/c1-18(26(33)27-24-17-23(28-29-24)20-9-10-20)21-6-4-7-22(16-21)19-11-14-31(15-12-19)25(32)8-5-13-30(2)3;2*1-14(21(25)22-20-13-19(23-24-20)16-10-11-16)17-8-5-9-18(12-17)15-6-3-2-4-7-15;1-13(20(25)22-19-12-18(23-24-19)15-5-6-15)16-3-2-4-17(11-16)14-7-9-21-10-8-14;1-7(2)5-3-4-6(8)9/h4-8,16-20H,9-15H2,1-3H3,(H2,27,28,29,33);5,8-9,12-16H,2-4,6-7,10-11H2,1H3,(H2,22,23,24,25);5-6,8-9,12-14,16H,2-4,7,10-11H2,1H3,(H2,22,23,24,25);2-4,11-15,21H,5-10H2,1H3,(H2,22,23,24,25);3-4H,5H2,1-2H3,(H,8,9)/b8-5+;;;;4-3+. The Bertz CT molecular complexity index is 4550. The number of benzene rings is 4. The molecule has 0 spiro atoms. The van der Waals surface area contributed by atoms with Gasteiger partial charge >= 0.3 is 5.97 Å². The fourth-order valence-electron chi connectivity index (χ4n) is 15.8. The highest BCUT2D eigenvalue weighted by Crippen LogP contribution is 2.43. The Kier molecular flexibility index (Phi) is 31.0. The van der Waals surface area contributed by atoms with Crippen LogP contribution in [0.3, 0.4) is 0 Å². The molecule has 5 amide bonds. The molecule has 4 atom stereocenters. The summed E-state index contributed by atoms with van der Waals surface area (Å²) in [6.45, 7) is 12.9. The number of H-pyrrole nitrogens is 4. The van der Waals surface area contributed by atoms with Crippen molar-refractivity contribution in [2.24, 2.45) is 0 Å². The number of rotatable bonds is 26. The predicted molar refractivity (Wildman–Crippen MR) is 465 cm³/mol. The van der Waals surface area contributed by atoms with E-state index >= 15 is 0 Å². The molecule has 117 heavy (non-hydrogen) atoms. The van der Waals surface area contributed by atoms with Gasteiger partial charge in [-0.05, 0) is 252 Å². The first-order valence-corrected chi connectivity index (χ1v) is 43.0. The van der Waals surface area contributed by atoms with Gasteiger partial charge < -0.3 is 46.4 Å². The summed E-state index contributed by atoms with van der Waals surface area (Å²) in [5.41, 5.74) is 15.4. The summed E-state index contributed by atoms with van der Waals surface area (Å²) in [6.07, 6.45) is 34.0. The number of hydrogen-bond donors (Lipinski definition) is 10. The molecule has 10 N–H and O–H groups in total. The second-order valence-corrected chi connectivity index (χ2v) is 34.0. The van der Waals surface area contributed by atoms with Crippen LogP contribution in [-0.2, 0) is 28.8 Å². The molecule has 23 nitrogen and oxygen atoms in total. The summed E-state index contributed by atoms with van der Waals surface area (Å²) >= 11 is 0. The van der Waals surface area contributed by atoms with Crippen LogP contribution >= 0.6 is 0 Å². The molecule has 8 aliphatic rings. The number of carboxylic acid groups (broad SMARTS) is 1. The van der Waals surface area contributed by atoms with Gasteiger partial charge in [0.15, 0.2) is 23.3 Å². The van der Waals surface area contributed by atoms with E-state index in [2.05, 4.69) is 152 Å². The number of amides is 5. The Morgan fingerprint density at radius 2 is 0.786 bits per heavy atom. The molecular formula is C94H124N16O7. The number of nitrogens with one attached hydrogen (secondary N) is 9. The Morgan fingerprint density at radius 3 is 1.15 bits per heavy atom. The van der Waals surface area contributed by atoms with Crippen LogP contribution in [0.1, 0.15) is 295 Å². The number of carbonyl (C=O) groups excluding carboxylic acids is 5. The number of aromatic amines is 4. The quantitative estimate of drug-likeness (QED) is 0.0226.